The standard InChI is InChI=1S/C21H16ClN3O2S2/c1-2-27-12-9-10-17-18(11-12)29-21(23-17)25-20(28)24-19(26)15-7-3-6-14-13(15)5-4-8-16(14)22/h3-11H,2H2,1H3,(H2,23,24,25,26,28). The van der Waals surface area contributed by atoms with E-state index in [2.05, 4.69) is 15.6 Å². The largest absolute Gasteiger partial charge is 0.494 e. The first-order valence-corrected chi connectivity index (χ1v) is 10.5. The van der Waals surface area contributed by atoms with Crippen LogP contribution in [-0.4, -0.2) is 22.6 Å². The first-order valence-electron chi connectivity index (χ1n) is 8.88. The summed E-state index contributed by atoms with van der Waals surface area (Å²) >= 11 is 13.0. The summed E-state index contributed by atoms with van der Waals surface area (Å²) in [6.07, 6.45) is 0. The van der Waals surface area contributed by atoms with Gasteiger partial charge in [-0.1, -0.05) is 47.2 Å². The van der Waals surface area contributed by atoms with Crippen molar-refractivity contribution in [3.8, 4) is 5.75 Å². The summed E-state index contributed by atoms with van der Waals surface area (Å²) in [5.74, 6) is 0.482. The zero-order valence-electron chi connectivity index (χ0n) is 15.4. The lowest BCUT2D eigenvalue weighted by Crippen LogP contribution is -2.34. The molecule has 5 nitrogen and oxygen atoms in total. The fourth-order valence-corrected chi connectivity index (χ4v) is 4.37. The smallest absolute Gasteiger partial charge is 0.258 e. The van der Waals surface area contributed by atoms with Gasteiger partial charge in [-0.15, -0.1) is 0 Å². The zero-order valence-corrected chi connectivity index (χ0v) is 17.8. The van der Waals surface area contributed by atoms with Gasteiger partial charge >= 0.3 is 0 Å². The second-order valence-electron chi connectivity index (χ2n) is 6.13. The molecule has 1 aromatic heterocycles. The number of nitrogens with one attached hydrogen (secondary N) is 2. The molecule has 146 valence electrons. The molecule has 29 heavy (non-hydrogen) atoms. The van der Waals surface area contributed by atoms with Gasteiger partial charge in [0.1, 0.15) is 5.75 Å². The van der Waals surface area contributed by atoms with Crippen LogP contribution in [0.2, 0.25) is 5.02 Å². The number of benzene rings is 3. The monoisotopic (exact) mass is 441 g/mol. The summed E-state index contributed by atoms with van der Waals surface area (Å²) in [7, 11) is 0. The highest BCUT2D eigenvalue weighted by molar-refractivity contribution is 7.80. The van der Waals surface area contributed by atoms with Crippen LogP contribution in [0.3, 0.4) is 0 Å². The molecule has 1 heterocycles. The lowest BCUT2D eigenvalue weighted by molar-refractivity contribution is 0.0979. The third kappa shape index (κ3) is 4.17. The van der Waals surface area contributed by atoms with Crippen LogP contribution >= 0.6 is 35.2 Å². The van der Waals surface area contributed by atoms with E-state index < -0.39 is 0 Å². The predicted molar refractivity (Wildman–Crippen MR) is 123 cm³/mol. The van der Waals surface area contributed by atoms with Gasteiger partial charge in [-0.3, -0.25) is 10.1 Å². The molecule has 3 aromatic carbocycles. The Kier molecular flexibility index (Phi) is 5.62. The normalized spacial score (nSPS) is 10.8. The molecule has 0 aliphatic carbocycles. The molecule has 4 rings (SSSR count). The molecule has 4 aromatic rings. The first-order chi connectivity index (χ1) is 14.0. The Hall–Kier alpha value is -2.74. The van der Waals surface area contributed by atoms with Crippen molar-refractivity contribution in [2.45, 2.75) is 6.92 Å². The minimum Gasteiger partial charge on any atom is -0.494 e. The van der Waals surface area contributed by atoms with Gasteiger partial charge in [0.15, 0.2) is 10.2 Å². The quantitative estimate of drug-likeness (QED) is 0.402. The van der Waals surface area contributed by atoms with Gasteiger partial charge in [0.2, 0.25) is 0 Å². The second-order valence-corrected chi connectivity index (χ2v) is 7.98. The van der Waals surface area contributed by atoms with Crippen molar-refractivity contribution in [3.63, 3.8) is 0 Å². The summed E-state index contributed by atoms with van der Waals surface area (Å²) in [6.45, 7) is 2.54. The molecule has 0 saturated carbocycles. The van der Waals surface area contributed by atoms with Crippen LogP contribution in [-0.2, 0) is 0 Å². The summed E-state index contributed by atoms with van der Waals surface area (Å²) in [6, 6.07) is 16.6. The van der Waals surface area contributed by atoms with Crippen LogP contribution in [0, 0.1) is 0 Å². The molecule has 0 atom stereocenters. The van der Waals surface area contributed by atoms with E-state index in [9.17, 15) is 4.79 Å². The van der Waals surface area contributed by atoms with Gasteiger partial charge in [0, 0.05) is 16.0 Å². The number of amides is 1. The molecule has 2 N–H and O–H groups in total. The molecule has 0 bridgehead atoms. The number of thiocarbonyl (C=S) groups is 1. The molecule has 0 aliphatic rings. The van der Waals surface area contributed by atoms with E-state index >= 15 is 0 Å². The van der Waals surface area contributed by atoms with Crippen molar-refractivity contribution >= 4 is 72.3 Å². The number of fused-ring (bicyclic) bond motifs is 2. The van der Waals surface area contributed by atoms with E-state index in [1.54, 1.807) is 18.2 Å². The van der Waals surface area contributed by atoms with E-state index in [4.69, 9.17) is 28.6 Å². The molecular weight excluding hydrogens is 426 g/mol. The van der Waals surface area contributed by atoms with Crippen LogP contribution in [0.1, 0.15) is 17.3 Å². The van der Waals surface area contributed by atoms with E-state index in [0.717, 1.165) is 26.7 Å². The predicted octanol–water partition coefficient (Wildman–Crippen LogP) is 5.63. The van der Waals surface area contributed by atoms with E-state index in [0.29, 0.717) is 22.3 Å². The van der Waals surface area contributed by atoms with E-state index in [1.807, 2.05) is 43.3 Å². The van der Waals surface area contributed by atoms with Crippen molar-refractivity contribution < 1.29 is 9.53 Å². The molecule has 0 fully saturated rings. The highest BCUT2D eigenvalue weighted by atomic mass is 35.5. The molecule has 8 heteroatoms. The third-order valence-corrected chi connectivity index (χ3v) is 5.70. The molecule has 1 amide bonds. The topological polar surface area (TPSA) is 63.2 Å². The van der Waals surface area contributed by atoms with Crippen molar-refractivity contribution in [1.29, 1.82) is 0 Å². The fraction of sp³-hybridized carbons (Fsp3) is 0.0952. The second kappa shape index (κ2) is 8.32. The van der Waals surface area contributed by atoms with Crippen molar-refractivity contribution in [1.82, 2.24) is 10.3 Å². The van der Waals surface area contributed by atoms with Crippen LogP contribution in [0.5, 0.6) is 5.75 Å². The van der Waals surface area contributed by atoms with Gasteiger partial charge < -0.3 is 10.1 Å². The highest BCUT2D eigenvalue weighted by Crippen LogP contribution is 2.29. The van der Waals surface area contributed by atoms with Crippen LogP contribution < -0.4 is 15.4 Å². The van der Waals surface area contributed by atoms with Gasteiger partial charge in [-0.25, -0.2) is 4.98 Å². The lowest BCUT2D eigenvalue weighted by Gasteiger charge is -2.10. The maximum absolute atomic E-state index is 12.7. The Balaban J connectivity index is 1.51. The lowest BCUT2D eigenvalue weighted by atomic mass is 10.0. The number of carbonyl (C=O) groups excluding carboxylic acids is 1. The minimum absolute atomic E-state index is 0.179. The van der Waals surface area contributed by atoms with E-state index in [1.165, 1.54) is 11.3 Å². The van der Waals surface area contributed by atoms with Gasteiger partial charge in [-0.2, -0.15) is 0 Å². The average Bonchev–Trinajstić information content (AvgIpc) is 3.09. The molecule has 0 spiro atoms. The number of thiazole rings is 1. The molecule has 0 aliphatic heterocycles. The van der Waals surface area contributed by atoms with Crippen LogP contribution in [0.25, 0.3) is 21.0 Å². The van der Waals surface area contributed by atoms with Crippen molar-refractivity contribution in [2.24, 2.45) is 0 Å². The van der Waals surface area contributed by atoms with Crippen LogP contribution in [0.4, 0.5) is 5.13 Å². The number of hydrogen-bond acceptors (Lipinski definition) is 5. The number of carbonyl (C=O) groups is 1. The highest BCUT2D eigenvalue weighted by Gasteiger charge is 2.14. The van der Waals surface area contributed by atoms with Gasteiger partial charge in [0.25, 0.3) is 5.91 Å². The number of anilines is 1. The Bertz CT molecular complexity index is 1240. The zero-order chi connectivity index (χ0) is 20.4. The number of ether oxygens (including phenoxy) is 1. The number of nitrogens with zero attached hydrogens (tertiary/aromatic N) is 1. The Morgan fingerprint density at radius 1 is 1.17 bits per heavy atom. The van der Waals surface area contributed by atoms with Gasteiger partial charge in [-0.05, 0) is 54.9 Å². The van der Waals surface area contributed by atoms with E-state index in [-0.39, 0.29) is 11.0 Å². The maximum atomic E-state index is 12.7. The maximum Gasteiger partial charge on any atom is 0.258 e. The molecular formula is C21H16ClN3O2S2. The van der Waals surface area contributed by atoms with Crippen molar-refractivity contribution in [2.75, 3.05) is 11.9 Å². The van der Waals surface area contributed by atoms with Crippen LogP contribution in [0.15, 0.2) is 54.6 Å². The minimum atomic E-state index is -0.310. The summed E-state index contributed by atoms with van der Waals surface area (Å²) in [4.78, 5) is 17.2. The number of rotatable bonds is 4. The summed E-state index contributed by atoms with van der Waals surface area (Å²) in [5.41, 5.74) is 1.33. The summed E-state index contributed by atoms with van der Waals surface area (Å²) < 4.78 is 6.48. The Morgan fingerprint density at radius 2 is 1.97 bits per heavy atom. The fourth-order valence-electron chi connectivity index (χ4n) is 2.98. The molecule has 0 unspecified atom stereocenters. The number of halogens is 1. The average molecular weight is 442 g/mol. The number of aromatic nitrogens is 1. The van der Waals surface area contributed by atoms with Crippen molar-refractivity contribution in [3.05, 3.63) is 65.2 Å². The Labute approximate surface area is 181 Å². The third-order valence-electron chi connectivity index (χ3n) is 4.23. The molecule has 0 saturated heterocycles. The summed E-state index contributed by atoms with van der Waals surface area (Å²) in [5, 5.41) is 8.65. The molecule has 0 radical (unpaired) electrons. The van der Waals surface area contributed by atoms with Gasteiger partial charge in [0.05, 0.1) is 16.8 Å². The number of hydrogen-bond donors (Lipinski definition) is 2. The first kappa shape index (κ1) is 19.6. The SMILES string of the molecule is CCOc1ccc2nc(NC(=S)NC(=O)c3cccc4c(Cl)cccc34)sc2c1. The Morgan fingerprint density at radius 3 is 2.79 bits per heavy atom.